The molecule has 0 unspecified atom stereocenters. The fourth-order valence-corrected chi connectivity index (χ4v) is 3.86. The van der Waals surface area contributed by atoms with Crippen LogP contribution >= 0.6 is 15.9 Å². The summed E-state index contributed by atoms with van der Waals surface area (Å²) in [6.45, 7) is 6.77. The minimum atomic E-state index is -3.72. The van der Waals surface area contributed by atoms with E-state index < -0.39 is 10.0 Å². The number of rotatable bonds is 6. The third kappa shape index (κ3) is 4.41. The Morgan fingerprint density at radius 2 is 1.68 bits per heavy atom. The summed E-state index contributed by atoms with van der Waals surface area (Å²) in [5.74, 6) is -0.104. The fraction of sp³-hybridized carbons (Fsp3) is 0.278. The largest absolute Gasteiger partial charge is 0.339 e. The zero-order valence-electron chi connectivity index (χ0n) is 14.4. The Balaban J connectivity index is 2.36. The first-order valence-electron chi connectivity index (χ1n) is 7.97. The normalized spacial score (nSPS) is 11.2. The molecule has 0 fully saturated rings. The maximum absolute atomic E-state index is 12.6. The molecule has 0 aliphatic heterocycles. The van der Waals surface area contributed by atoms with Gasteiger partial charge in [0.05, 0.1) is 10.6 Å². The molecule has 0 saturated carbocycles. The van der Waals surface area contributed by atoms with Crippen molar-refractivity contribution in [1.82, 2.24) is 4.90 Å². The summed E-state index contributed by atoms with van der Waals surface area (Å²) in [5.41, 5.74) is 1.51. The van der Waals surface area contributed by atoms with E-state index in [1.807, 2.05) is 13.8 Å². The van der Waals surface area contributed by atoms with Crippen LogP contribution in [0.3, 0.4) is 0 Å². The summed E-state index contributed by atoms with van der Waals surface area (Å²) in [5, 5.41) is 0. The van der Waals surface area contributed by atoms with E-state index in [2.05, 4.69) is 20.7 Å². The molecule has 0 heterocycles. The number of nitrogens with one attached hydrogen (secondary N) is 1. The summed E-state index contributed by atoms with van der Waals surface area (Å²) in [4.78, 5) is 14.5. The van der Waals surface area contributed by atoms with Gasteiger partial charge in [-0.2, -0.15) is 0 Å². The van der Waals surface area contributed by atoms with Gasteiger partial charge in [0, 0.05) is 23.1 Å². The van der Waals surface area contributed by atoms with Gasteiger partial charge in [-0.05, 0) is 62.7 Å². The molecule has 2 aromatic rings. The molecule has 0 saturated heterocycles. The Labute approximate surface area is 157 Å². The quantitative estimate of drug-likeness (QED) is 0.760. The van der Waals surface area contributed by atoms with Crippen LogP contribution in [0.25, 0.3) is 0 Å². The van der Waals surface area contributed by atoms with Gasteiger partial charge in [-0.15, -0.1) is 0 Å². The van der Waals surface area contributed by atoms with Crippen molar-refractivity contribution in [1.29, 1.82) is 0 Å². The second kappa shape index (κ2) is 8.01. The van der Waals surface area contributed by atoms with Crippen LogP contribution in [0.4, 0.5) is 5.69 Å². The monoisotopic (exact) mass is 424 g/mol. The molecule has 2 aromatic carbocycles. The van der Waals surface area contributed by atoms with Crippen molar-refractivity contribution in [2.45, 2.75) is 25.7 Å². The van der Waals surface area contributed by atoms with Gasteiger partial charge in [0.1, 0.15) is 0 Å². The Morgan fingerprint density at radius 1 is 1.08 bits per heavy atom. The van der Waals surface area contributed by atoms with Crippen LogP contribution in [0.5, 0.6) is 0 Å². The Morgan fingerprint density at radius 3 is 2.24 bits per heavy atom. The number of hydrogen-bond acceptors (Lipinski definition) is 3. The minimum Gasteiger partial charge on any atom is -0.339 e. The fourth-order valence-electron chi connectivity index (χ4n) is 2.48. The highest BCUT2D eigenvalue weighted by molar-refractivity contribution is 9.10. The van der Waals surface area contributed by atoms with Crippen molar-refractivity contribution in [3.8, 4) is 0 Å². The second-order valence-electron chi connectivity index (χ2n) is 5.51. The summed E-state index contributed by atoms with van der Waals surface area (Å²) in [6, 6.07) is 11.4. The van der Waals surface area contributed by atoms with Gasteiger partial charge in [0.2, 0.25) is 0 Å². The SMILES string of the molecule is CCN(CC)C(=O)c1cccc(NS(=O)(=O)c2ccc(Br)cc2)c1C. The topological polar surface area (TPSA) is 66.5 Å². The van der Waals surface area contributed by atoms with Crippen molar-refractivity contribution >= 4 is 37.5 Å². The highest BCUT2D eigenvalue weighted by Gasteiger charge is 2.20. The molecular formula is C18H21BrN2O3S. The first-order chi connectivity index (χ1) is 11.8. The molecule has 0 radical (unpaired) electrons. The third-order valence-electron chi connectivity index (χ3n) is 3.98. The molecule has 2 rings (SSSR count). The summed E-state index contributed by atoms with van der Waals surface area (Å²) < 4.78 is 28.5. The maximum Gasteiger partial charge on any atom is 0.261 e. The third-order valence-corrected chi connectivity index (χ3v) is 5.89. The highest BCUT2D eigenvalue weighted by atomic mass is 79.9. The molecule has 7 heteroatoms. The smallest absolute Gasteiger partial charge is 0.261 e. The first kappa shape index (κ1) is 19.5. The molecule has 25 heavy (non-hydrogen) atoms. The molecule has 1 N–H and O–H groups in total. The van der Waals surface area contributed by atoms with E-state index in [9.17, 15) is 13.2 Å². The first-order valence-corrected chi connectivity index (χ1v) is 10.2. The van der Waals surface area contributed by atoms with Gasteiger partial charge in [-0.25, -0.2) is 8.42 Å². The van der Waals surface area contributed by atoms with Gasteiger partial charge in [0.15, 0.2) is 0 Å². The number of anilines is 1. The Hall–Kier alpha value is -1.86. The van der Waals surface area contributed by atoms with Crippen LogP contribution in [0.2, 0.25) is 0 Å². The van der Waals surface area contributed by atoms with E-state index in [1.54, 1.807) is 42.2 Å². The van der Waals surface area contributed by atoms with E-state index in [1.165, 1.54) is 12.1 Å². The lowest BCUT2D eigenvalue weighted by molar-refractivity contribution is 0.0772. The molecule has 0 aliphatic rings. The van der Waals surface area contributed by atoms with Crippen molar-refractivity contribution in [2.24, 2.45) is 0 Å². The number of halogens is 1. The predicted molar refractivity (Wildman–Crippen MR) is 103 cm³/mol. The van der Waals surface area contributed by atoms with Gasteiger partial charge >= 0.3 is 0 Å². The van der Waals surface area contributed by atoms with Gasteiger partial charge < -0.3 is 4.90 Å². The van der Waals surface area contributed by atoms with Crippen LogP contribution < -0.4 is 4.72 Å². The van der Waals surface area contributed by atoms with Crippen molar-refractivity contribution in [3.05, 3.63) is 58.1 Å². The van der Waals surface area contributed by atoms with Crippen LogP contribution in [-0.2, 0) is 10.0 Å². The molecule has 0 bridgehead atoms. The van der Waals surface area contributed by atoms with E-state index in [4.69, 9.17) is 0 Å². The lowest BCUT2D eigenvalue weighted by Crippen LogP contribution is -2.31. The average Bonchev–Trinajstić information content (AvgIpc) is 2.58. The number of amides is 1. The lowest BCUT2D eigenvalue weighted by atomic mass is 10.1. The second-order valence-corrected chi connectivity index (χ2v) is 8.11. The molecule has 0 atom stereocenters. The number of sulfonamides is 1. The molecule has 0 aliphatic carbocycles. The maximum atomic E-state index is 12.6. The van der Waals surface area contributed by atoms with Gasteiger partial charge in [-0.3, -0.25) is 9.52 Å². The number of carbonyl (C=O) groups excluding carboxylic acids is 1. The molecule has 5 nitrogen and oxygen atoms in total. The van der Waals surface area contributed by atoms with Crippen LogP contribution in [-0.4, -0.2) is 32.3 Å². The van der Waals surface area contributed by atoms with E-state index in [0.717, 1.165) is 4.47 Å². The average molecular weight is 425 g/mol. The summed E-state index contributed by atoms with van der Waals surface area (Å²) in [6.07, 6.45) is 0. The van der Waals surface area contributed by atoms with E-state index >= 15 is 0 Å². The molecule has 134 valence electrons. The zero-order valence-corrected chi connectivity index (χ0v) is 16.8. The number of benzene rings is 2. The lowest BCUT2D eigenvalue weighted by Gasteiger charge is -2.21. The number of hydrogen-bond donors (Lipinski definition) is 1. The number of carbonyl (C=O) groups is 1. The highest BCUT2D eigenvalue weighted by Crippen LogP contribution is 2.24. The summed E-state index contributed by atoms with van der Waals surface area (Å²) >= 11 is 3.29. The van der Waals surface area contributed by atoms with Gasteiger partial charge in [0.25, 0.3) is 15.9 Å². The Bertz CT molecular complexity index is 860. The predicted octanol–water partition coefficient (Wildman–Crippen LogP) is 4.04. The van der Waals surface area contributed by atoms with Crippen molar-refractivity contribution in [3.63, 3.8) is 0 Å². The molecule has 0 spiro atoms. The van der Waals surface area contributed by atoms with Crippen LogP contribution in [0.1, 0.15) is 29.8 Å². The molecule has 0 aromatic heterocycles. The van der Waals surface area contributed by atoms with Crippen LogP contribution in [0.15, 0.2) is 51.8 Å². The summed E-state index contributed by atoms with van der Waals surface area (Å²) in [7, 11) is -3.72. The van der Waals surface area contributed by atoms with Gasteiger partial charge in [-0.1, -0.05) is 22.0 Å². The minimum absolute atomic E-state index is 0.104. The van der Waals surface area contributed by atoms with Crippen molar-refractivity contribution < 1.29 is 13.2 Å². The standard InChI is InChI=1S/C18H21BrN2O3S/c1-4-21(5-2)18(22)16-7-6-8-17(13(16)3)20-25(23,24)15-11-9-14(19)10-12-15/h6-12,20H,4-5H2,1-3H3. The van der Waals surface area contributed by atoms with Crippen LogP contribution in [0, 0.1) is 6.92 Å². The zero-order chi connectivity index (χ0) is 18.6. The Kier molecular flexibility index (Phi) is 6.24. The number of nitrogens with zero attached hydrogens (tertiary/aromatic N) is 1. The van der Waals surface area contributed by atoms with E-state index in [-0.39, 0.29) is 10.8 Å². The van der Waals surface area contributed by atoms with Crippen molar-refractivity contribution in [2.75, 3.05) is 17.8 Å². The van der Waals surface area contributed by atoms with E-state index in [0.29, 0.717) is 29.9 Å². The molecule has 1 amide bonds. The molecular weight excluding hydrogens is 404 g/mol.